The fourth-order valence-corrected chi connectivity index (χ4v) is 3.65. The van der Waals surface area contributed by atoms with Crippen molar-refractivity contribution in [3.8, 4) is 5.75 Å². The molecule has 0 saturated carbocycles. The largest absolute Gasteiger partial charge is 0.496 e. The average Bonchev–Trinajstić information content (AvgIpc) is 2.62. The predicted octanol–water partition coefficient (Wildman–Crippen LogP) is 1.62. The first-order valence-electron chi connectivity index (χ1n) is 7.85. The smallest absolute Gasteiger partial charge is 0.213 e. The van der Waals surface area contributed by atoms with Gasteiger partial charge in [0.15, 0.2) is 0 Å². The number of rotatable bonds is 9. The first-order chi connectivity index (χ1) is 11.9. The van der Waals surface area contributed by atoms with Crippen molar-refractivity contribution >= 4 is 10.0 Å². The zero-order chi connectivity index (χ0) is 18.3. The van der Waals surface area contributed by atoms with Gasteiger partial charge in [-0.3, -0.25) is 0 Å². The zero-order valence-electron chi connectivity index (χ0n) is 14.4. The Morgan fingerprint density at radius 1 is 1.08 bits per heavy atom. The maximum atomic E-state index is 12.1. The molecule has 6 nitrogen and oxygen atoms in total. The highest BCUT2D eigenvalue weighted by molar-refractivity contribution is 7.89. The second-order valence-corrected chi connectivity index (χ2v) is 7.72. The minimum absolute atomic E-state index is 0.0309. The first kappa shape index (κ1) is 19.4. The van der Waals surface area contributed by atoms with Crippen LogP contribution in [0.4, 0.5) is 0 Å². The Hall–Kier alpha value is -1.93. The van der Waals surface area contributed by atoms with Crippen molar-refractivity contribution in [2.24, 2.45) is 5.73 Å². The van der Waals surface area contributed by atoms with Crippen LogP contribution in [0.5, 0.6) is 5.75 Å². The van der Waals surface area contributed by atoms with Crippen LogP contribution in [-0.4, -0.2) is 34.9 Å². The second-order valence-electron chi connectivity index (χ2n) is 5.80. The third-order valence-corrected chi connectivity index (χ3v) is 5.39. The van der Waals surface area contributed by atoms with Crippen LogP contribution in [0.25, 0.3) is 0 Å². The van der Waals surface area contributed by atoms with E-state index < -0.39 is 15.6 Å². The number of hydrogen-bond acceptors (Lipinski definition) is 5. The lowest BCUT2D eigenvalue weighted by Gasteiger charge is -2.30. The average molecular weight is 364 g/mol. The summed E-state index contributed by atoms with van der Waals surface area (Å²) in [7, 11) is -0.668. The van der Waals surface area contributed by atoms with Gasteiger partial charge in [0.1, 0.15) is 5.75 Å². The molecule has 1 atom stereocenters. The summed E-state index contributed by atoms with van der Waals surface area (Å²) in [6, 6.07) is 16.7. The summed E-state index contributed by atoms with van der Waals surface area (Å²) < 4.78 is 37.7. The van der Waals surface area contributed by atoms with Crippen molar-refractivity contribution in [3.05, 3.63) is 65.7 Å². The number of para-hydroxylation sites is 1. The predicted molar refractivity (Wildman–Crippen MR) is 97.8 cm³/mol. The molecule has 0 aliphatic rings. The van der Waals surface area contributed by atoms with Gasteiger partial charge in [0, 0.05) is 5.56 Å². The molecule has 0 saturated heterocycles. The molecule has 25 heavy (non-hydrogen) atoms. The standard InChI is InChI=1S/C18H24N2O4S/c1-20-25(21,22)14-18(19,16-10-6-7-11-17(16)23-2)13-24-12-15-8-4-3-5-9-15/h3-11,20H,12-14,19H2,1-2H3/t18-/m0/s1. The van der Waals surface area contributed by atoms with Crippen LogP contribution in [0.1, 0.15) is 11.1 Å². The lowest BCUT2D eigenvalue weighted by molar-refractivity contribution is 0.0784. The Kier molecular flexibility index (Phi) is 6.55. The van der Waals surface area contributed by atoms with E-state index in [1.54, 1.807) is 24.3 Å². The van der Waals surface area contributed by atoms with Crippen molar-refractivity contribution in [1.29, 1.82) is 0 Å². The van der Waals surface area contributed by atoms with E-state index >= 15 is 0 Å². The number of methoxy groups -OCH3 is 1. The minimum Gasteiger partial charge on any atom is -0.496 e. The quantitative estimate of drug-likeness (QED) is 0.705. The highest BCUT2D eigenvalue weighted by atomic mass is 32.2. The summed E-state index contributed by atoms with van der Waals surface area (Å²) >= 11 is 0. The molecule has 0 bridgehead atoms. The van der Waals surface area contributed by atoms with Crippen molar-refractivity contribution in [2.75, 3.05) is 26.5 Å². The van der Waals surface area contributed by atoms with Gasteiger partial charge < -0.3 is 15.2 Å². The summed E-state index contributed by atoms with van der Waals surface area (Å²) in [5.41, 5.74) is 6.83. The van der Waals surface area contributed by atoms with Gasteiger partial charge in [0.25, 0.3) is 0 Å². The number of benzene rings is 2. The molecule has 0 amide bonds. The molecule has 3 N–H and O–H groups in total. The third kappa shape index (κ3) is 5.27. The Morgan fingerprint density at radius 3 is 2.36 bits per heavy atom. The molecule has 0 spiro atoms. The molecular formula is C18H24N2O4S. The normalized spacial score (nSPS) is 14.0. The molecular weight excluding hydrogens is 340 g/mol. The van der Waals surface area contributed by atoms with Crippen LogP contribution in [0.15, 0.2) is 54.6 Å². The number of ether oxygens (including phenoxy) is 2. The lowest BCUT2D eigenvalue weighted by atomic mass is 9.93. The van der Waals surface area contributed by atoms with Gasteiger partial charge in [-0.1, -0.05) is 48.5 Å². The SMILES string of the molecule is CNS(=O)(=O)C[C@@](N)(COCc1ccccc1)c1ccccc1OC. The summed E-state index contributed by atoms with van der Waals surface area (Å²) in [5, 5.41) is 0. The van der Waals surface area contributed by atoms with Crippen molar-refractivity contribution in [3.63, 3.8) is 0 Å². The fourth-order valence-electron chi connectivity index (χ4n) is 2.59. The van der Waals surface area contributed by atoms with E-state index in [0.717, 1.165) is 5.56 Å². The zero-order valence-corrected chi connectivity index (χ0v) is 15.3. The topological polar surface area (TPSA) is 90.7 Å². The summed E-state index contributed by atoms with van der Waals surface area (Å²) in [6.45, 7) is 0.373. The van der Waals surface area contributed by atoms with Crippen LogP contribution in [0.2, 0.25) is 0 Å². The molecule has 2 rings (SSSR count). The van der Waals surface area contributed by atoms with Gasteiger partial charge in [-0.25, -0.2) is 13.1 Å². The molecule has 2 aromatic rings. The molecule has 0 aliphatic carbocycles. The van der Waals surface area contributed by atoms with Crippen molar-refractivity contribution < 1.29 is 17.9 Å². The Morgan fingerprint density at radius 2 is 1.72 bits per heavy atom. The van der Waals surface area contributed by atoms with E-state index in [4.69, 9.17) is 15.2 Å². The molecule has 0 fully saturated rings. The number of hydrogen-bond donors (Lipinski definition) is 2. The number of nitrogens with one attached hydrogen (secondary N) is 1. The Bertz CT molecular complexity index is 781. The highest BCUT2D eigenvalue weighted by Crippen LogP contribution is 2.30. The molecule has 0 aromatic heterocycles. The van der Waals surface area contributed by atoms with Crippen molar-refractivity contribution in [2.45, 2.75) is 12.1 Å². The number of sulfonamides is 1. The molecule has 0 radical (unpaired) electrons. The van der Waals surface area contributed by atoms with Crippen LogP contribution in [0, 0.1) is 0 Å². The van der Waals surface area contributed by atoms with Crippen LogP contribution < -0.4 is 15.2 Å². The van der Waals surface area contributed by atoms with Gasteiger partial charge in [-0.05, 0) is 18.7 Å². The van der Waals surface area contributed by atoms with Crippen molar-refractivity contribution in [1.82, 2.24) is 4.72 Å². The maximum absolute atomic E-state index is 12.1. The van der Waals surface area contributed by atoms with Crippen LogP contribution >= 0.6 is 0 Å². The molecule has 0 heterocycles. The molecule has 0 aliphatic heterocycles. The van der Waals surface area contributed by atoms with E-state index in [-0.39, 0.29) is 12.4 Å². The number of nitrogens with two attached hydrogens (primary N) is 1. The van der Waals surface area contributed by atoms with E-state index in [2.05, 4.69) is 4.72 Å². The van der Waals surface area contributed by atoms with E-state index in [9.17, 15) is 8.42 Å². The third-order valence-electron chi connectivity index (χ3n) is 3.87. The molecule has 7 heteroatoms. The van der Waals surface area contributed by atoms with E-state index in [1.807, 2.05) is 30.3 Å². The molecule has 0 unspecified atom stereocenters. The maximum Gasteiger partial charge on any atom is 0.213 e. The first-order valence-corrected chi connectivity index (χ1v) is 9.51. The Balaban J connectivity index is 2.25. The highest BCUT2D eigenvalue weighted by Gasteiger charge is 2.35. The van der Waals surface area contributed by atoms with Gasteiger partial charge >= 0.3 is 0 Å². The minimum atomic E-state index is -3.56. The monoisotopic (exact) mass is 364 g/mol. The van der Waals surface area contributed by atoms with Gasteiger partial charge in [-0.15, -0.1) is 0 Å². The van der Waals surface area contributed by atoms with Crippen LogP contribution in [-0.2, 0) is 26.9 Å². The molecule has 136 valence electrons. The fraction of sp³-hybridized carbons (Fsp3) is 0.333. The Labute approximate surface area is 149 Å². The van der Waals surface area contributed by atoms with Gasteiger partial charge in [-0.2, -0.15) is 0 Å². The molecule has 2 aromatic carbocycles. The lowest BCUT2D eigenvalue weighted by Crippen LogP contribution is -2.49. The van der Waals surface area contributed by atoms with Crippen LogP contribution in [0.3, 0.4) is 0 Å². The summed E-state index contributed by atoms with van der Waals surface area (Å²) in [6.07, 6.45) is 0. The summed E-state index contributed by atoms with van der Waals surface area (Å²) in [5.74, 6) is 0.214. The van der Waals surface area contributed by atoms with E-state index in [0.29, 0.717) is 17.9 Å². The second kappa shape index (κ2) is 8.44. The van der Waals surface area contributed by atoms with Gasteiger partial charge in [0.2, 0.25) is 10.0 Å². The van der Waals surface area contributed by atoms with E-state index in [1.165, 1.54) is 14.2 Å². The summed E-state index contributed by atoms with van der Waals surface area (Å²) in [4.78, 5) is 0. The van der Waals surface area contributed by atoms with Gasteiger partial charge in [0.05, 0.1) is 31.6 Å².